The van der Waals surface area contributed by atoms with E-state index in [0.717, 1.165) is 128 Å². The first-order valence-corrected chi connectivity index (χ1v) is 32.3. The summed E-state index contributed by atoms with van der Waals surface area (Å²) in [6.07, 6.45) is 100. The molecule has 0 heterocycles. The number of ether oxygens (including phenoxy) is 3. The van der Waals surface area contributed by atoms with E-state index in [1.54, 1.807) is 0 Å². The normalized spacial score (nSPS) is 13.4. The molecule has 6 nitrogen and oxygen atoms in total. The monoisotopic (exact) mass is 1110 g/mol. The number of unbranched alkanes of at least 4 members (excludes halogenated alkanes) is 15. The van der Waals surface area contributed by atoms with Crippen molar-refractivity contribution in [1.82, 2.24) is 0 Å². The average molecular weight is 1110 g/mol. The summed E-state index contributed by atoms with van der Waals surface area (Å²) in [5.41, 5.74) is 0. The van der Waals surface area contributed by atoms with Gasteiger partial charge in [0.25, 0.3) is 0 Å². The molecule has 0 amide bonds. The number of esters is 3. The van der Waals surface area contributed by atoms with Gasteiger partial charge < -0.3 is 14.2 Å². The summed E-state index contributed by atoms with van der Waals surface area (Å²) < 4.78 is 16.8. The molecular formula is C75H116O6. The molecule has 0 N–H and O–H groups in total. The van der Waals surface area contributed by atoms with Gasteiger partial charge in [0.05, 0.1) is 0 Å². The number of hydrogen-bond donors (Lipinski definition) is 0. The van der Waals surface area contributed by atoms with Crippen LogP contribution in [0.25, 0.3) is 0 Å². The minimum atomic E-state index is -0.840. The van der Waals surface area contributed by atoms with Gasteiger partial charge in [0, 0.05) is 19.3 Å². The van der Waals surface area contributed by atoms with Crippen LogP contribution in [0, 0.1) is 0 Å². The number of carbonyl (C=O) groups excluding carboxylic acids is 3. The number of rotatable bonds is 56. The highest BCUT2D eigenvalue weighted by Gasteiger charge is 2.19. The van der Waals surface area contributed by atoms with Gasteiger partial charge in [-0.05, 0) is 154 Å². The summed E-state index contributed by atoms with van der Waals surface area (Å²) in [5.74, 6) is -1.04. The second kappa shape index (κ2) is 67.0. The summed E-state index contributed by atoms with van der Waals surface area (Å²) >= 11 is 0. The molecular weight excluding hydrogens is 997 g/mol. The molecule has 0 fully saturated rings. The third kappa shape index (κ3) is 65.2. The van der Waals surface area contributed by atoms with Gasteiger partial charge in [-0.15, -0.1) is 0 Å². The fourth-order valence-corrected chi connectivity index (χ4v) is 8.11. The Morgan fingerprint density at radius 2 is 0.494 bits per heavy atom. The Hall–Kier alpha value is -5.49. The van der Waals surface area contributed by atoms with E-state index in [0.29, 0.717) is 19.3 Å². The van der Waals surface area contributed by atoms with Gasteiger partial charge in [-0.2, -0.15) is 0 Å². The molecule has 0 saturated carbocycles. The van der Waals surface area contributed by atoms with Crippen LogP contribution in [0.3, 0.4) is 0 Å². The first-order chi connectivity index (χ1) is 40.0. The highest BCUT2D eigenvalue weighted by atomic mass is 16.6. The van der Waals surface area contributed by atoms with Crippen molar-refractivity contribution in [1.29, 1.82) is 0 Å². The Balaban J connectivity index is 4.61. The minimum Gasteiger partial charge on any atom is -0.462 e. The highest BCUT2D eigenvalue weighted by molar-refractivity contribution is 5.71. The Morgan fingerprint density at radius 3 is 0.827 bits per heavy atom. The van der Waals surface area contributed by atoms with Crippen LogP contribution < -0.4 is 0 Å². The molecule has 0 aromatic heterocycles. The fourth-order valence-electron chi connectivity index (χ4n) is 8.11. The van der Waals surface area contributed by atoms with Gasteiger partial charge in [0.2, 0.25) is 0 Å². The third-order valence-corrected chi connectivity index (χ3v) is 12.9. The van der Waals surface area contributed by atoms with E-state index in [-0.39, 0.29) is 44.0 Å². The third-order valence-electron chi connectivity index (χ3n) is 12.9. The van der Waals surface area contributed by atoms with Gasteiger partial charge >= 0.3 is 17.9 Å². The quantitative estimate of drug-likeness (QED) is 0.0261. The van der Waals surface area contributed by atoms with Crippen LogP contribution in [0.1, 0.15) is 252 Å². The van der Waals surface area contributed by atoms with Crippen molar-refractivity contribution in [2.75, 3.05) is 13.2 Å². The molecule has 1 unspecified atom stereocenters. The van der Waals surface area contributed by atoms with E-state index >= 15 is 0 Å². The van der Waals surface area contributed by atoms with E-state index in [4.69, 9.17) is 14.2 Å². The lowest BCUT2D eigenvalue weighted by Crippen LogP contribution is -2.30. The number of hydrogen-bond acceptors (Lipinski definition) is 6. The maximum Gasteiger partial charge on any atom is 0.306 e. The molecule has 0 aromatic rings. The van der Waals surface area contributed by atoms with Crippen molar-refractivity contribution >= 4 is 17.9 Å². The molecule has 0 rings (SSSR count). The average Bonchev–Trinajstić information content (AvgIpc) is 3.47. The van der Waals surface area contributed by atoms with Crippen molar-refractivity contribution in [3.8, 4) is 0 Å². The maximum atomic E-state index is 12.9. The summed E-state index contributed by atoms with van der Waals surface area (Å²) in [5, 5.41) is 0. The standard InChI is InChI=1S/C75H116O6/c1-4-7-10-13-16-19-22-25-28-31-34-36-37-39-41-44-47-50-53-56-59-62-65-68-74(77)80-71-72(70-79-73(76)67-64-61-58-55-52-49-46-43-40-33-30-27-24-21-18-15-12-9-6-3)81-75(78)69-66-63-60-57-54-51-48-45-42-38-35-32-29-26-23-20-17-14-11-8-5-2/h7-8,10-11,16-21,25-30,34-36,38-39,41,45,47-48,50,54,56-57,59,72H,4-6,9,12-15,22-24,31-33,37,40,42-44,46,49,51-53,55,58,60-71H2,1-3H3/b10-7-,11-8-,19-16-,20-17-,21-18-,28-25-,29-26-,30-27-,36-34-,38-35-,41-39-,48-45-,50-47-,57-54-,59-56-. The van der Waals surface area contributed by atoms with Crippen LogP contribution in [0.4, 0.5) is 0 Å². The topological polar surface area (TPSA) is 78.9 Å². The van der Waals surface area contributed by atoms with Gasteiger partial charge in [-0.3, -0.25) is 14.4 Å². The van der Waals surface area contributed by atoms with Crippen molar-refractivity contribution in [2.24, 2.45) is 0 Å². The van der Waals surface area contributed by atoms with Crippen molar-refractivity contribution in [3.63, 3.8) is 0 Å². The predicted octanol–water partition coefficient (Wildman–Crippen LogP) is 22.4. The summed E-state index contributed by atoms with van der Waals surface area (Å²) in [6, 6.07) is 0. The Kier molecular flexibility index (Phi) is 62.5. The van der Waals surface area contributed by atoms with Crippen LogP contribution in [-0.4, -0.2) is 37.2 Å². The Morgan fingerprint density at radius 1 is 0.259 bits per heavy atom. The van der Waals surface area contributed by atoms with Crippen LogP contribution in [0.2, 0.25) is 0 Å². The van der Waals surface area contributed by atoms with Gasteiger partial charge in [0.15, 0.2) is 6.10 Å². The summed E-state index contributed by atoms with van der Waals surface area (Å²) in [7, 11) is 0. The van der Waals surface area contributed by atoms with E-state index in [9.17, 15) is 14.4 Å². The largest absolute Gasteiger partial charge is 0.462 e. The van der Waals surface area contributed by atoms with E-state index in [1.807, 2.05) is 0 Å². The second-order valence-electron chi connectivity index (χ2n) is 20.5. The first kappa shape index (κ1) is 75.5. The summed E-state index contributed by atoms with van der Waals surface area (Å²) in [6.45, 7) is 6.29. The van der Waals surface area contributed by atoms with Gasteiger partial charge in [0.1, 0.15) is 13.2 Å². The van der Waals surface area contributed by atoms with Crippen LogP contribution in [-0.2, 0) is 28.6 Å². The van der Waals surface area contributed by atoms with E-state index in [1.165, 1.54) is 70.6 Å². The molecule has 1 atom stereocenters. The Bertz CT molecular complexity index is 1900. The van der Waals surface area contributed by atoms with Crippen LogP contribution in [0.15, 0.2) is 182 Å². The first-order valence-electron chi connectivity index (χ1n) is 32.3. The molecule has 0 bridgehead atoms. The van der Waals surface area contributed by atoms with E-state index < -0.39 is 6.10 Å². The SMILES string of the molecule is CC/C=C\C/C=C\C/C=C\C/C=C\C/C=C\C/C=C\C/C=C\CCCC(=O)OCC(COC(=O)CCCCCCCCCCC/C=C\C/C=C\CCCCC)OC(=O)CCCC/C=C\C/C=C\C/C=C\C/C=C\C/C=C\C/C=C\CC. The number of allylic oxidation sites excluding steroid dienone is 30. The van der Waals surface area contributed by atoms with E-state index in [2.05, 4.69) is 203 Å². The van der Waals surface area contributed by atoms with Crippen LogP contribution in [0.5, 0.6) is 0 Å². The number of carbonyl (C=O) groups is 3. The molecule has 0 aromatic carbocycles. The second-order valence-corrected chi connectivity index (χ2v) is 20.5. The highest BCUT2D eigenvalue weighted by Crippen LogP contribution is 2.14. The molecule has 6 heteroatoms. The van der Waals surface area contributed by atoms with Crippen molar-refractivity contribution in [2.45, 2.75) is 258 Å². The predicted molar refractivity (Wildman–Crippen MR) is 352 cm³/mol. The molecule has 452 valence electrons. The molecule has 0 saturated heterocycles. The summed E-state index contributed by atoms with van der Waals surface area (Å²) in [4.78, 5) is 38.4. The lowest BCUT2D eigenvalue weighted by Gasteiger charge is -2.18. The zero-order valence-corrected chi connectivity index (χ0v) is 51.7. The van der Waals surface area contributed by atoms with Gasteiger partial charge in [-0.1, -0.05) is 261 Å². The van der Waals surface area contributed by atoms with Crippen LogP contribution >= 0.6 is 0 Å². The fraction of sp³-hybridized carbons (Fsp3) is 0.560. The lowest BCUT2D eigenvalue weighted by atomic mass is 10.1. The molecule has 0 aliphatic heterocycles. The van der Waals surface area contributed by atoms with Crippen molar-refractivity contribution < 1.29 is 28.6 Å². The molecule has 0 radical (unpaired) electrons. The minimum absolute atomic E-state index is 0.125. The molecule has 0 aliphatic carbocycles. The molecule has 0 aliphatic rings. The lowest BCUT2D eigenvalue weighted by molar-refractivity contribution is -0.167. The smallest absolute Gasteiger partial charge is 0.306 e. The van der Waals surface area contributed by atoms with Crippen molar-refractivity contribution in [3.05, 3.63) is 182 Å². The zero-order valence-electron chi connectivity index (χ0n) is 51.7. The Labute approximate surface area is 497 Å². The maximum absolute atomic E-state index is 12.9. The zero-order chi connectivity index (χ0) is 58.5. The van der Waals surface area contributed by atoms with Gasteiger partial charge in [-0.25, -0.2) is 0 Å². The molecule has 0 spiro atoms. The molecule has 81 heavy (non-hydrogen) atoms.